The molecule has 0 spiro atoms. The minimum Gasteiger partial charge on any atom is -0.501 e. The van der Waals surface area contributed by atoms with E-state index in [1.54, 1.807) is 7.11 Å². The van der Waals surface area contributed by atoms with Gasteiger partial charge in [0.15, 0.2) is 0 Å². The summed E-state index contributed by atoms with van der Waals surface area (Å²) in [5, 5.41) is 0. The number of allylic oxidation sites excluding steroid dienone is 3. The number of benzene rings is 1. The van der Waals surface area contributed by atoms with Crippen molar-refractivity contribution in [1.82, 2.24) is 4.90 Å². The van der Waals surface area contributed by atoms with E-state index in [1.165, 1.54) is 28.7 Å². The van der Waals surface area contributed by atoms with Gasteiger partial charge in [0.1, 0.15) is 0 Å². The van der Waals surface area contributed by atoms with Crippen LogP contribution in [0.2, 0.25) is 0 Å². The lowest BCUT2D eigenvalue weighted by Crippen LogP contribution is -2.21. The van der Waals surface area contributed by atoms with Crippen LogP contribution < -0.4 is 0 Å². The van der Waals surface area contributed by atoms with E-state index in [9.17, 15) is 0 Å². The maximum Gasteiger partial charge on any atom is 0.0993 e. The SMILES string of the molecule is CCCc1cccc(C)c1CN(C)CC1=CC=C(OC)CC=C1. The number of rotatable bonds is 7. The minimum atomic E-state index is 0.874. The molecule has 0 bridgehead atoms. The summed E-state index contributed by atoms with van der Waals surface area (Å²) in [5.74, 6) is 1.02. The summed E-state index contributed by atoms with van der Waals surface area (Å²) in [6.45, 7) is 6.41. The molecule has 0 amide bonds. The highest BCUT2D eigenvalue weighted by Gasteiger charge is 2.09. The Morgan fingerprint density at radius 2 is 2.00 bits per heavy atom. The Bertz CT molecular complexity index is 610. The second-order valence-corrected chi connectivity index (χ2v) is 6.32. The lowest BCUT2D eigenvalue weighted by Gasteiger charge is -2.21. The Morgan fingerprint density at radius 3 is 2.74 bits per heavy atom. The highest BCUT2D eigenvalue weighted by molar-refractivity contribution is 5.35. The topological polar surface area (TPSA) is 12.5 Å². The smallest absolute Gasteiger partial charge is 0.0993 e. The number of aryl methyl sites for hydroxylation is 2. The van der Waals surface area contributed by atoms with Gasteiger partial charge in [0, 0.05) is 19.5 Å². The van der Waals surface area contributed by atoms with Crippen LogP contribution in [-0.4, -0.2) is 25.6 Å². The molecule has 0 atom stereocenters. The third-order valence-corrected chi connectivity index (χ3v) is 4.30. The van der Waals surface area contributed by atoms with E-state index in [4.69, 9.17) is 4.74 Å². The molecule has 23 heavy (non-hydrogen) atoms. The molecule has 0 aromatic heterocycles. The van der Waals surface area contributed by atoms with Gasteiger partial charge in [-0.2, -0.15) is 0 Å². The molecule has 0 aliphatic heterocycles. The molecule has 1 aliphatic carbocycles. The average Bonchev–Trinajstić information content (AvgIpc) is 2.76. The number of hydrogen-bond acceptors (Lipinski definition) is 2. The van der Waals surface area contributed by atoms with Gasteiger partial charge >= 0.3 is 0 Å². The zero-order valence-corrected chi connectivity index (χ0v) is 14.9. The second kappa shape index (κ2) is 8.73. The molecule has 0 fully saturated rings. The van der Waals surface area contributed by atoms with Gasteiger partial charge in [-0.1, -0.05) is 49.8 Å². The number of ether oxygens (including phenoxy) is 1. The Hall–Kier alpha value is -1.80. The first-order valence-corrected chi connectivity index (χ1v) is 8.50. The lowest BCUT2D eigenvalue weighted by molar-refractivity contribution is 0.285. The molecule has 2 rings (SSSR count). The van der Waals surface area contributed by atoms with Crippen molar-refractivity contribution in [3.63, 3.8) is 0 Å². The molecule has 0 saturated heterocycles. The van der Waals surface area contributed by atoms with Crippen LogP contribution in [0.5, 0.6) is 0 Å². The molecule has 124 valence electrons. The quantitative estimate of drug-likeness (QED) is 0.717. The lowest BCUT2D eigenvalue weighted by atomic mass is 9.98. The van der Waals surface area contributed by atoms with Gasteiger partial charge in [0.05, 0.1) is 12.9 Å². The van der Waals surface area contributed by atoms with Crippen LogP contribution in [0.15, 0.2) is 53.8 Å². The molecule has 0 radical (unpaired) electrons. The van der Waals surface area contributed by atoms with Crippen LogP contribution >= 0.6 is 0 Å². The molecule has 0 unspecified atom stereocenters. The highest BCUT2D eigenvalue weighted by atomic mass is 16.5. The first kappa shape index (κ1) is 17.6. The molecule has 0 saturated carbocycles. The Balaban J connectivity index is 2.07. The summed E-state index contributed by atoms with van der Waals surface area (Å²) in [4.78, 5) is 2.39. The van der Waals surface area contributed by atoms with E-state index < -0.39 is 0 Å². The molecule has 2 nitrogen and oxygen atoms in total. The zero-order chi connectivity index (χ0) is 16.7. The second-order valence-electron chi connectivity index (χ2n) is 6.32. The van der Waals surface area contributed by atoms with Gasteiger partial charge in [-0.25, -0.2) is 0 Å². The van der Waals surface area contributed by atoms with Gasteiger partial charge in [0.2, 0.25) is 0 Å². The molecule has 1 aliphatic rings. The standard InChI is InChI=1S/C21H29NO/c1-5-8-19-11-6-9-17(2)21(19)16-22(3)15-18-10-7-12-20(23-4)14-13-18/h6-7,9-11,13-14H,5,8,12,15-16H2,1-4H3. The van der Waals surface area contributed by atoms with Crippen molar-refractivity contribution in [3.8, 4) is 0 Å². The van der Waals surface area contributed by atoms with Gasteiger partial charge < -0.3 is 4.74 Å². The fourth-order valence-electron chi connectivity index (χ4n) is 3.04. The van der Waals surface area contributed by atoms with Gasteiger partial charge in [0.25, 0.3) is 0 Å². The maximum absolute atomic E-state index is 5.33. The summed E-state index contributed by atoms with van der Waals surface area (Å²) in [6, 6.07) is 6.68. The summed E-state index contributed by atoms with van der Waals surface area (Å²) in [6.07, 6.45) is 11.9. The fourth-order valence-corrected chi connectivity index (χ4v) is 3.04. The summed E-state index contributed by atoms with van der Waals surface area (Å²) < 4.78 is 5.33. The number of nitrogens with zero attached hydrogens (tertiary/aromatic N) is 1. The molecule has 1 aromatic carbocycles. The van der Waals surface area contributed by atoms with Gasteiger partial charge in [-0.3, -0.25) is 4.90 Å². The van der Waals surface area contributed by atoms with E-state index in [-0.39, 0.29) is 0 Å². The van der Waals surface area contributed by atoms with Gasteiger partial charge in [-0.05, 0) is 48.7 Å². The normalized spacial score (nSPS) is 14.5. The van der Waals surface area contributed by atoms with Crippen molar-refractivity contribution in [2.75, 3.05) is 20.7 Å². The third-order valence-electron chi connectivity index (χ3n) is 4.30. The van der Waals surface area contributed by atoms with Crippen LogP contribution in [0.4, 0.5) is 0 Å². The van der Waals surface area contributed by atoms with Crippen molar-refractivity contribution in [2.45, 2.75) is 39.7 Å². The van der Waals surface area contributed by atoms with Crippen LogP contribution in [0.3, 0.4) is 0 Å². The predicted molar refractivity (Wildman–Crippen MR) is 98.4 cm³/mol. The zero-order valence-electron chi connectivity index (χ0n) is 14.9. The Morgan fingerprint density at radius 1 is 1.17 bits per heavy atom. The highest BCUT2D eigenvalue weighted by Crippen LogP contribution is 2.19. The molecular weight excluding hydrogens is 282 g/mol. The van der Waals surface area contributed by atoms with Crippen LogP contribution in [0, 0.1) is 6.92 Å². The van der Waals surface area contributed by atoms with Crippen LogP contribution in [0.25, 0.3) is 0 Å². The van der Waals surface area contributed by atoms with E-state index in [2.05, 4.69) is 68.3 Å². The van der Waals surface area contributed by atoms with E-state index in [0.717, 1.165) is 31.7 Å². The monoisotopic (exact) mass is 311 g/mol. The maximum atomic E-state index is 5.33. The Labute approximate surface area is 141 Å². The van der Waals surface area contributed by atoms with Crippen molar-refractivity contribution >= 4 is 0 Å². The van der Waals surface area contributed by atoms with E-state index >= 15 is 0 Å². The minimum absolute atomic E-state index is 0.874. The molecule has 1 aromatic rings. The van der Waals surface area contributed by atoms with Crippen molar-refractivity contribution in [2.24, 2.45) is 0 Å². The first-order chi connectivity index (χ1) is 11.1. The molecule has 0 heterocycles. The summed E-state index contributed by atoms with van der Waals surface area (Å²) in [7, 11) is 3.93. The Kier molecular flexibility index (Phi) is 6.66. The van der Waals surface area contributed by atoms with E-state index in [0.29, 0.717) is 0 Å². The van der Waals surface area contributed by atoms with E-state index in [1.807, 2.05) is 0 Å². The predicted octanol–water partition coefficient (Wildman–Crippen LogP) is 4.80. The van der Waals surface area contributed by atoms with Gasteiger partial charge in [-0.15, -0.1) is 0 Å². The first-order valence-electron chi connectivity index (χ1n) is 8.50. The number of likely N-dealkylation sites (N-methyl/N-ethyl adjacent to an activating group) is 1. The van der Waals surface area contributed by atoms with Crippen LogP contribution in [0.1, 0.15) is 36.5 Å². The third kappa shape index (κ3) is 5.11. The molecular formula is C21H29NO. The number of methoxy groups -OCH3 is 1. The largest absolute Gasteiger partial charge is 0.501 e. The number of hydrogen-bond donors (Lipinski definition) is 0. The van der Waals surface area contributed by atoms with Crippen LogP contribution in [-0.2, 0) is 17.7 Å². The van der Waals surface area contributed by atoms with Crippen molar-refractivity contribution < 1.29 is 4.74 Å². The summed E-state index contributed by atoms with van der Waals surface area (Å²) >= 11 is 0. The molecule has 2 heteroatoms. The van der Waals surface area contributed by atoms with Crippen molar-refractivity contribution in [3.05, 3.63) is 70.5 Å². The summed E-state index contributed by atoms with van der Waals surface area (Å²) in [5.41, 5.74) is 5.70. The average molecular weight is 311 g/mol. The van der Waals surface area contributed by atoms with Crippen molar-refractivity contribution in [1.29, 1.82) is 0 Å². The molecule has 0 N–H and O–H groups in total. The fraction of sp³-hybridized carbons (Fsp3) is 0.429.